The first kappa shape index (κ1) is 18.0. The SMILES string of the molecule is C#CCOc1c(Br)cc(CNc2ccc(Br)c(Cl)c2)cc1OC. The summed E-state index contributed by atoms with van der Waals surface area (Å²) in [6.45, 7) is 0.798. The lowest BCUT2D eigenvalue weighted by atomic mass is 10.2. The third-order valence-corrected chi connectivity index (χ3v) is 4.83. The molecule has 0 fully saturated rings. The van der Waals surface area contributed by atoms with Crippen LogP contribution in [0.25, 0.3) is 0 Å². The third-order valence-electron chi connectivity index (χ3n) is 3.01. The summed E-state index contributed by atoms with van der Waals surface area (Å²) >= 11 is 13.0. The Balaban J connectivity index is 2.15. The van der Waals surface area contributed by atoms with Crippen LogP contribution in [0.15, 0.2) is 39.3 Å². The van der Waals surface area contributed by atoms with E-state index in [2.05, 4.69) is 43.1 Å². The Hall–Kier alpha value is -1.35. The Morgan fingerprint density at radius 2 is 2.00 bits per heavy atom. The number of nitrogens with one attached hydrogen (secondary N) is 1. The van der Waals surface area contributed by atoms with Gasteiger partial charge in [-0.2, -0.15) is 0 Å². The zero-order valence-electron chi connectivity index (χ0n) is 12.3. The van der Waals surface area contributed by atoms with E-state index in [0.717, 1.165) is 20.2 Å². The monoisotopic (exact) mass is 457 g/mol. The fraction of sp³-hybridized carbons (Fsp3) is 0.176. The summed E-state index contributed by atoms with van der Waals surface area (Å²) < 4.78 is 12.5. The molecular weight excluding hydrogens is 445 g/mol. The average Bonchev–Trinajstić information content (AvgIpc) is 2.54. The van der Waals surface area contributed by atoms with Crippen LogP contribution in [0.4, 0.5) is 5.69 Å². The summed E-state index contributed by atoms with van der Waals surface area (Å²) in [7, 11) is 1.59. The molecule has 6 heteroatoms. The molecule has 0 bridgehead atoms. The molecule has 0 atom stereocenters. The molecule has 2 aromatic carbocycles. The first-order chi connectivity index (χ1) is 11.0. The van der Waals surface area contributed by atoms with Crippen molar-refractivity contribution >= 4 is 49.1 Å². The maximum Gasteiger partial charge on any atom is 0.176 e. The minimum atomic E-state index is 0.184. The maximum absolute atomic E-state index is 6.09. The Morgan fingerprint density at radius 1 is 1.22 bits per heavy atom. The standard InChI is InChI=1S/C17H14Br2ClNO2/c1-3-6-23-17-14(19)7-11(8-16(17)22-2)10-21-12-4-5-13(18)15(20)9-12/h1,4-5,7-9,21H,6,10H2,2H3. The Bertz CT molecular complexity index is 744. The second-order valence-corrected chi connectivity index (χ2v) is 6.70. The van der Waals surface area contributed by atoms with Crippen molar-refractivity contribution in [3.63, 3.8) is 0 Å². The number of methoxy groups -OCH3 is 1. The molecule has 0 heterocycles. The number of terminal acetylenes is 1. The van der Waals surface area contributed by atoms with E-state index in [1.807, 2.05) is 30.3 Å². The minimum Gasteiger partial charge on any atom is -0.493 e. The highest BCUT2D eigenvalue weighted by atomic mass is 79.9. The normalized spacial score (nSPS) is 10.0. The number of anilines is 1. The van der Waals surface area contributed by atoms with Gasteiger partial charge in [-0.3, -0.25) is 0 Å². The van der Waals surface area contributed by atoms with Crippen LogP contribution >= 0.6 is 43.5 Å². The molecule has 0 aliphatic rings. The third kappa shape index (κ3) is 4.81. The molecule has 0 aliphatic heterocycles. The van der Waals surface area contributed by atoms with E-state index in [1.165, 1.54) is 0 Å². The van der Waals surface area contributed by atoms with Gasteiger partial charge in [-0.25, -0.2) is 0 Å². The lowest BCUT2D eigenvalue weighted by molar-refractivity contribution is 0.328. The summed E-state index contributed by atoms with van der Waals surface area (Å²) in [6.07, 6.45) is 5.23. The van der Waals surface area contributed by atoms with E-state index < -0.39 is 0 Å². The molecule has 0 saturated carbocycles. The van der Waals surface area contributed by atoms with Crippen LogP contribution < -0.4 is 14.8 Å². The lowest BCUT2D eigenvalue weighted by Crippen LogP contribution is -2.02. The van der Waals surface area contributed by atoms with Crippen LogP contribution in [0.5, 0.6) is 11.5 Å². The van der Waals surface area contributed by atoms with Crippen molar-refractivity contribution in [2.24, 2.45) is 0 Å². The molecule has 0 amide bonds. The van der Waals surface area contributed by atoms with E-state index in [4.69, 9.17) is 27.5 Å². The number of ether oxygens (including phenoxy) is 2. The van der Waals surface area contributed by atoms with Gasteiger partial charge in [-0.05, 0) is 67.8 Å². The molecule has 1 N–H and O–H groups in total. The molecule has 2 rings (SSSR count). The molecule has 0 aliphatic carbocycles. The predicted molar refractivity (Wildman–Crippen MR) is 102 cm³/mol. The van der Waals surface area contributed by atoms with Gasteiger partial charge in [0.2, 0.25) is 0 Å². The van der Waals surface area contributed by atoms with E-state index in [1.54, 1.807) is 7.11 Å². The fourth-order valence-corrected chi connectivity index (χ4v) is 2.97. The van der Waals surface area contributed by atoms with Gasteiger partial charge in [0, 0.05) is 16.7 Å². The van der Waals surface area contributed by atoms with Crippen molar-refractivity contribution in [3.05, 3.63) is 49.9 Å². The van der Waals surface area contributed by atoms with E-state index in [9.17, 15) is 0 Å². The van der Waals surface area contributed by atoms with Crippen molar-refractivity contribution in [2.75, 3.05) is 19.0 Å². The molecule has 0 unspecified atom stereocenters. The lowest BCUT2D eigenvalue weighted by Gasteiger charge is -2.14. The van der Waals surface area contributed by atoms with Crippen LogP contribution in [0.2, 0.25) is 5.02 Å². The van der Waals surface area contributed by atoms with Crippen LogP contribution in [0, 0.1) is 12.3 Å². The molecule has 0 saturated heterocycles. The smallest absolute Gasteiger partial charge is 0.176 e. The van der Waals surface area contributed by atoms with E-state index >= 15 is 0 Å². The molecular formula is C17H14Br2ClNO2. The van der Waals surface area contributed by atoms with Gasteiger partial charge >= 0.3 is 0 Å². The Kier molecular flexibility index (Phi) is 6.64. The highest BCUT2D eigenvalue weighted by molar-refractivity contribution is 9.10. The van der Waals surface area contributed by atoms with Crippen molar-refractivity contribution in [3.8, 4) is 23.8 Å². The first-order valence-electron chi connectivity index (χ1n) is 6.66. The highest BCUT2D eigenvalue weighted by Gasteiger charge is 2.11. The topological polar surface area (TPSA) is 30.5 Å². The fourth-order valence-electron chi connectivity index (χ4n) is 1.94. The summed E-state index contributed by atoms with van der Waals surface area (Å²) in [4.78, 5) is 0. The molecule has 23 heavy (non-hydrogen) atoms. The van der Waals surface area contributed by atoms with Gasteiger partial charge in [0.25, 0.3) is 0 Å². The number of hydrogen-bond acceptors (Lipinski definition) is 3. The zero-order valence-corrected chi connectivity index (χ0v) is 16.3. The van der Waals surface area contributed by atoms with Crippen molar-refractivity contribution in [2.45, 2.75) is 6.54 Å². The van der Waals surface area contributed by atoms with Crippen LogP contribution in [-0.4, -0.2) is 13.7 Å². The van der Waals surface area contributed by atoms with Crippen molar-refractivity contribution < 1.29 is 9.47 Å². The Labute approximate surface area is 157 Å². The average molecular weight is 460 g/mol. The molecule has 0 spiro atoms. The second kappa shape index (κ2) is 8.49. The van der Waals surface area contributed by atoms with Gasteiger partial charge in [0.15, 0.2) is 11.5 Å². The van der Waals surface area contributed by atoms with E-state index in [0.29, 0.717) is 23.1 Å². The summed E-state index contributed by atoms with van der Waals surface area (Å²) in [5.41, 5.74) is 1.96. The largest absolute Gasteiger partial charge is 0.493 e. The van der Waals surface area contributed by atoms with Crippen LogP contribution in [0.1, 0.15) is 5.56 Å². The van der Waals surface area contributed by atoms with Gasteiger partial charge in [0.1, 0.15) is 6.61 Å². The number of halogens is 3. The number of benzene rings is 2. The van der Waals surface area contributed by atoms with Gasteiger partial charge in [-0.1, -0.05) is 17.5 Å². The van der Waals surface area contributed by atoms with E-state index in [-0.39, 0.29) is 6.61 Å². The van der Waals surface area contributed by atoms with Gasteiger partial charge < -0.3 is 14.8 Å². The predicted octanol–water partition coefficient (Wildman–Crippen LogP) is 5.50. The first-order valence-corrected chi connectivity index (χ1v) is 8.63. The molecule has 0 radical (unpaired) electrons. The molecule has 3 nitrogen and oxygen atoms in total. The zero-order chi connectivity index (χ0) is 16.8. The number of hydrogen-bond donors (Lipinski definition) is 1. The van der Waals surface area contributed by atoms with Gasteiger partial charge in [0.05, 0.1) is 16.6 Å². The summed E-state index contributed by atoms with van der Waals surface area (Å²) in [5, 5.41) is 3.97. The second-order valence-electron chi connectivity index (χ2n) is 4.58. The Morgan fingerprint density at radius 3 is 2.65 bits per heavy atom. The van der Waals surface area contributed by atoms with Crippen LogP contribution in [0.3, 0.4) is 0 Å². The number of rotatable bonds is 6. The molecule has 120 valence electrons. The summed E-state index contributed by atoms with van der Waals surface area (Å²) in [5.74, 6) is 3.66. The van der Waals surface area contributed by atoms with Gasteiger partial charge in [-0.15, -0.1) is 6.42 Å². The van der Waals surface area contributed by atoms with Crippen LogP contribution in [-0.2, 0) is 6.54 Å². The maximum atomic E-state index is 6.09. The summed E-state index contributed by atoms with van der Waals surface area (Å²) in [6, 6.07) is 9.58. The van der Waals surface area contributed by atoms with Crippen molar-refractivity contribution in [1.82, 2.24) is 0 Å². The van der Waals surface area contributed by atoms with Crippen molar-refractivity contribution in [1.29, 1.82) is 0 Å². The quantitative estimate of drug-likeness (QED) is 0.579. The minimum absolute atomic E-state index is 0.184. The molecule has 2 aromatic rings. The highest BCUT2D eigenvalue weighted by Crippen LogP contribution is 2.37. The molecule has 0 aromatic heterocycles.